The summed E-state index contributed by atoms with van der Waals surface area (Å²) in [5.74, 6) is -1.19. The third-order valence-corrected chi connectivity index (χ3v) is 6.43. The molecular weight excluding hydrogens is 555 g/mol. The number of carbonyl (C=O) groups excluding carboxylic acids is 2. The number of nitrogens with zero attached hydrogens (tertiary/aromatic N) is 4. The van der Waals surface area contributed by atoms with E-state index >= 15 is 0 Å². The van der Waals surface area contributed by atoms with E-state index in [4.69, 9.17) is 10.00 Å². The number of aromatic nitrogens is 3. The van der Waals surface area contributed by atoms with Gasteiger partial charge in [0.05, 0.1) is 11.6 Å². The summed E-state index contributed by atoms with van der Waals surface area (Å²) in [6.45, 7) is 5.10. The van der Waals surface area contributed by atoms with E-state index in [2.05, 4.69) is 42.3 Å². The van der Waals surface area contributed by atoms with Crippen LogP contribution < -0.4 is 15.4 Å². The number of nitrogens with one attached hydrogen (secondary N) is 3. The number of esters is 1. The SMILES string of the molecule is C=N/C(=C\C(C#N)=C/C)NC(=O)c1ccc(Oc2ccnc3[nH]nc(NC4CCC(OC(=O)C(F)(F)F)CC4)c23)cc1. The zero-order valence-electron chi connectivity index (χ0n) is 22.4. The summed E-state index contributed by atoms with van der Waals surface area (Å²) in [5.41, 5.74) is 1.09. The van der Waals surface area contributed by atoms with Gasteiger partial charge in [-0.1, -0.05) is 6.08 Å². The second-order valence-electron chi connectivity index (χ2n) is 9.25. The number of aromatic amines is 1. The maximum Gasteiger partial charge on any atom is 0.490 e. The van der Waals surface area contributed by atoms with Gasteiger partial charge in [0.25, 0.3) is 5.91 Å². The predicted octanol–water partition coefficient (Wildman–Crippen LogP) is 5.32. The van der Waals surface area contributed by atoms with Gasteiger partial charge < -0.3 is 20.1 Å². The van der Waals surface area contributed by atoms with E-state index in [-0.39, 0.29) is 24.7 Å². The summed E-state index contributed by atoms with van der Waals surface area (Å²) >= 11 is 0. The van der Waals surface area contributed by atoms with Gasteiger partial charge in [-0.2, -0.15) is 23.5 Å². The number of anilines is 1. The molecule has 1 saturated carbocycles. The Hall–Kier alpha value is -5.19. The van der Waals surface area contributed by atoms with Crippen molar-refractivity contribution in [3.05, 3.63) is 65.6 Å². The van der Waals surface area contributed by atoms with Gasteiger partial charge >= 0.3 is 12.1 Å². The van der Waals surface area contributed by atoms with Gasteiger partial charge in [0.1, 0.15) is 28.8 Å². The largest absolute Gasteiger partial charge is 0.490 e. The summed E-state index contributed by atoms with van der Waals surface area (Å²) in [6, 6.07) is 9.83. The molecule has 0 aliphatic heterocycles. The molecule has 4 rings (SSSR count). The van der Waals surface area contributed by atoms with Crippen LogP contribution in [0.3, 0.4) is 0 Å². The highest BCUT2D eigenvalue weighted by Crippen LogP contribution is 2.34. The number of hydrogen-bond acceptors (Lipinski definition) is 9. The smallest absolute Gasteiger partial charge is 0.456 e. The molecule has 3 N–H and O–H groups in total. The van der Waals surface area contributed by atoms with E-state index in [1.165, 1.54) is 12.3 Å². The van der Waals surface area contributed by atoms with Gasteiger partial charge in [0.15, 0.2) is 11.5 Å². The van der Waals surface area contributed by atoms with Crippen LogP contribution in [0.15, 0.2) is 65.1 Å². The lowest BCUT2D eigenvalue weighted by Crippen LogP contribution is -2.35. The number of H-pyrrole nitrogens is 1. The van der Waals surface area contributed by atoms with Gasteiger partial charge in [-0.05, 0) is 69.7 Å². The maximum atomic E-state index is 12.6. The number of halogens is 3. The normalized spacial score (nSPS) is 17.7. The minimum atomic E-state index is -5.02. The average Bonchev–Trinajstić information content (AvgIpc) is 3.39. The summed E-state index contributed by atoms with van der Waals surface area (Å²) < 4.78 is 48.1. The van der Waals surface area contributed by atoms with Crippen molar-refractivity contribution in [3.63, 3.8) is 0 Å². The number of ether oxygens (including phenoxy) is 2. The number of allylic oxidation sites excluding steroid dienone is 3. The van der Waals surface area contributed by atoms with Crippen LogP contribution in [0.5, 0.6) is 11.5 Å². The predicted molar refractivity (Wildman–Crippen MR) is 147 cm³/mol. The number of alkyl halides is 3. The van der Waals surface area contributed by atoms with E-state index in [9.17, 15) is 22.8 Å². The molecule has 1 fully saturated rings. The molecule has 1 amide bonds. The lowest BCUT2D eigenvalue weighted by Gasteiger charge is -2.29. The maximum absolute atomic E-state index is 12.6. The number of pyridine rings is 1. The molecule has 0 radical (unpaired) electrons. The molecule has 0 unspecified atom stereocenters. The molecule has 0 saturated heterocycles. The molecule has 218 valence electrons. The van der Waals surface area contributed by atoms with Crippen molar-refractivity contribution in [2.24, 2.45) is 4.99 Å². The van der Waals surface area contributed by atoms with Crippen molar-refractivity contribution < 1.29 is 32.2 Å². The van der Waals surface area contributed by atoms with E-state index in [0.717, 1.165) is 0 Å². The molecule has 11 nitrogen and oxygen atoms in total. The molecular formula is C28H26F3N7O4. The van der Waals surface area contributed by atoms with E-state index in [1.807, 2.05) is 6.07 Å². The van der Waals surface area contributed by atoms with Gasteiger partial charge in [0, 0.05) is 23.9 Å². The molecule has 1 aliphatic carbocycles. The van der Waals surface area contributed by atoms with Crippen LogP contribution in [0.2, 0.25) is 0 Å². The zero-order valence-corrected chi connectivity index (χ0v) is 22.4. The minimum absolute atomic E-state index is 0.121. The lowest BCUT2D eigenvalue weighted by molar-refractivity contribution is -0.206. The molecule has 14 heteroatoms. The average molecular weight is 582 g/mol. The first-order valence-corrected chi connectivity index (χ1v) is 12.8. The van der Waals surface area contributed by atoms with Crippen LogP contribution in [-0.4, -0.2) is 52.1 Å². The van der Waals surface area contributed by atoms with E-state index in [1.54, 1.807) is 43.3 Å². The topological polar surface area (TPSA) is 154 Å². The molecule has 0 bridgehead atoms. The van der Waals surface area contributed by atoms with Gasteiger partial charge in [-0.15, -0.1) is 0 Å². The van der Waals surface area contributed by atoms with Crippen molar-refractivity contribution >= 4 is 35.4 Å². The third kappa shape index (κ3) is 7.30. The van der Waals surface area contributed by atoms with Crippen LogP contribution in [0.25, 0.3) is 11.0 Å². The van der Waals surface area contributed by atoms with Gasteiger partial charge in [0.2, 0.25) is 0 Å². The van der Waals surface area contributed by atoms with Crippen LogP contribution in [0.4, 0.5) is 19.0 Å². The fourth-order valence-electron chi connectivity index (χ4n) is 4.29. The molecule has 2 aromatic heterocycles. The lowest BCUT2D eigenvalue weighted by atomic mass is 9.93. The molecule has 0 atom stereocenters. The third-order valence-electron chi connectivity index (χ3n) is 6.43. The first kappa shape index (κ1) is 29.8. The minimum Gasteiger partial charge on any atom is -0.456 e. The fraction of sp³-hybridized carbons (Fsp3) is 0.286. The Balaban J connectivity index is 1.42. The Labute approximate surface area is 238 Å². The number of benzene rings is 1. The highest BCUT2D eigenvalue weighted by atomic mass is 19.4. The van der Waals surface area contributed by atoms with Crippen LogP contribution >= 0.6 is 0 Å². The number of nitriles is 1. The van der Waals surface area contributed by atoms with Crippen molar-refractivity contribution in [1.82, 2.24) is 20.5 Å². The van der Waals surface area contributed by atoms with Crippen molar-refractivity contribution in [2.75, 3.05) is 5.32 Å². The Morgan fingerprint density at radius 3 is 2.52 bits per heavy atom. The van der Waals surface area contributed by atoms with E-state index in [0.29, 0.717) is 52.3 Å². The van der Waals surface area contributed by atoms with Crippen molar-refractivity contribution in [2.45, 2.75) is 50.9 Å². The summed E-state index contributed by atoms with van der Waals surface area (Å²) in [4.78, 5) is 31.8. The molecule has 1 aliphatic rings. The first-order chi connectivity index (χ1) is 20.1. The van der Waals surface area contributed by atoms with Gasteiger partial charge in [-0.3, -0.25) is 9.89 Å². The number of rotatable bonds is 9. The highest BCUT2D eigenvalue weighted by molar-refractivity contribution is 5.95. The number of fused-ring (bicyclic) bond motifs is 1. The van der Waals surface area contributed by atoms with Crippen LogP contribution in [0.1, 0.15) is 43.0 Å². The van der Waals surface area contributed by atoms with Crippen LogP contribution in [0, 0.1) is 11.3 Å². The van der Waals surface area contributed by atoms with Crippen molar-refractivity contribution in [1.29, 1.82) is 5.26 Å². The molecule has 1 aromatic carbocycles. The first-order valence-electron chi connectivity index (χ1n) is 12.8. The quantitative estimate of drug-likeness (QED) is 0.133. The molecule has 3 aromatic rings. The highest BCUT2D eigenvalue weighted by Gasteiger charge is 2.42. The summed E-state index contributed by atoms with van der Waals surface area (Å²) in [5, 5.41) is 22.6. The van der Waals surface area contributed by atoms with E-state index < -0.39 is 24.2 Å². The zero-order chi connectivity index (χ0) is 30.3. The Morgan fingerprint density at radius 2 is 1.90 bits per heavy atom. The number of hydrogen-bond donors (Lipinski definition) is 3. The fourth-order valence-corrected chi connectivity index (χ4v) is 4.29. The van der Waals surface area contributed by atoms with Crippen molar-refractivity contribution in [3.8, 4) is 17.6 Å². The monoisotopic (exact) mass is 581 g/mol. The second-order valence-corrected chi connectivity index (χ2v) is 9.25. The van der Waals surface area contributed by atoms with Gasteiger partial charge in [-0.25, -0.2) is 14.8 Å². The number of carbonyl (C=O) groups is 2. The van der Waals surface area contributed by atoms with Crippen LogP contribution in [-0.2, 0) is 9.53 Å². The summed E-state index contributed by atoms with van der Waals surface area (Å²) in [6.07, 6.45) is 0.197. The Kier molecular flexibility index (Phi) is 9.21. The number of amides is 1. The molecule has 2 heterocycles. The summed E-state index contributed by atoms with van der Waals surface area (Å²) in [7, 11) is 0. The number of aliphatic imine (C=N–C) groups is 1. The Bertz CT molecular complexity index is 1560. The second kappa shape index (κ2) is 13.0. The molecule has 42 heavy (non-hydrogen) atoms. The Morgan fingerprint density at radius 1 is 1.19 bits per heavy atom. The standard InChI is InChI=1S/C28H26F3N7O4/c1-3-16(15-32)14-22(33-2)36-26(39)17-4-8-19(9-5-17)41-21-12-13-34-24-23(21)25(38-37-24)35-18-6-10-20(11-7-18)42-27(40)28(29,30)31/h3-5,8-9,12-14,18,20H,2,6-7,10-11H2,1H3,(H,36,39)(H2,34,35,37,38)/b16-3+,22-14+. The molecule has 0 spiro atoms.